The Bertz CT molecular complexity index is 1280. The van der Waals surface area contributed by atoms with E-state index in [4.69, 9.17) is 21.1 Å². The van der Waals surface area contributed by atoms with Crippen molar-refractivity contribution in [2.75, 3.05) is 5.32 Å². The van der Waals surface area contributed by atoms with Gasteiger partial charge in [0.25, 0.3) is 5.91 Å². The molecule has 1 amide bonds. The van der Waals surface area contributed by atoms with Crippen molar-refractivity contribution >= 4 is 23.2 Å². The van der Waals surface area contributed by atoms with E-state index in [1.165, 1.54) is 12.1 Å². The highest BCUT2D eigenvalue weighted by Gasteiger charge is 2.25. The van der Waals surface area contributed by atoms with Gasteiger partial charge in [0.2, 0.25) is 0 Å². The van der Waals surface area contributed by atoms with Crippen LogP contribution < -0.4 is 5.32 Å². The highest BCUT2D eigenvalue weighted by molar-refractivity contribution is 6.33. The normalized spacial score (nSPS) is 13.1. The molecule has 32 heavy (non-hydrogen) atoms. The molecule has 1 aliphatic rings. The molecule has 1 aliphatic heterocycles. The zero-order valence-electron chi connectivity index (χ0n) is 17.4. The van der Waals surface area contributed by atoms with Gasteiger partial charge >= 0.3 is 0 Å². The molecular formula is C24H20ClFN4O2. The van der Waals surface area contributed by atoms with Crippen molar-refractivity contribution in [1.29, 1.82) is 0 Å². The maximum absolute atomic E-state index is 14.4. The minimum atomic E-state index is -0.578. The van der Waals surface area contributed by atoms with Crippen LogP contribution in [0.1, 0.15) is 34.8 Å². The molecule has 0 unspecified atom stereocenters. The number of hydrogen-bond donors (Lipinski definition) is 1. The number of aryl methyl sites for hydroxylation is 3. The predicted molar refractivity (Wildman–Crippen MR) is 120 cm³/mol. The molecule has 0 spiro atoms. The predicted octanol–water partition coefficient (Wildman–Crippen LogP) is 5.89. The van der Waals surface area contributed by atoms with Gasteiger partial charge in [0.15, 0.2) is 0 Å². The SMILES string of the molecule is Cc1onc(-c2c(F)cccc2Cl)c1C(=O)Nc1cccc(-c2cn3c(n2)CCCC3)c1. The van der Waals surface area contributed by atoms with Crippen LogP contribution in [0, 0.1) is 12.7 Å². The first-order valence-corrected chi connectivity index (χ1v) is 10.8. The van der Waals surface area contributed by atoms with E-state index in [-0.39, 0.29) is 27.6 Å². The number of halogens is 2. The summed E-state index contributed by atoms with van der Waals surface area (Å²) in [7, 11) is 0. The van der Waals surface area contributed by atoms with Crippen molar-refractivity contribution in [2.24, 2.45) is 0 Å². The average molecular weight is 451 g/mol. The zero-order valence-corrected chi connectivity index (χ0v) is 18.1. The lowest BCUT2D eigenvalue weighted by molar-refractivity contribution is 0.102. The summed E-state index contributed by atoms with van der Waals surface area (Å²) in [6.07, 6.45) is 5.34. The molecule has 3 heterocycles. The molecule has 5 rings (SSSR count). The minimum Gasteiger partial charge on any atom is -0.360 e. The lowest BCUT2D eigenvalue weighted by atomic mass is 10.0. The Morgan fingerprint density at radius 3 is 2.88 bits per heavy atom. The smallest absolute Gasteiger partial charge is 0.261 e. The monoisotopic (exact) mass is 450 g/mol. The van der Waals surface area contributed by atoms with E-state index < -0.39 is 11.7 Å². The lowest BCUT2D eigenvalue weighted by Gasteiger charge is -2.11. The van der Waals surface area contributed by atoms with Crippen LogP contribution in [0.3, 0.4) is 0 Å². The summed E-state index contributed by atoms with van der Waals surface area (Å²) in [4.78, 5) is 17.9. The molecule has 8 heteroatoms. The second-order valence-electron chi connectivity index (χ2n) is 7.79. The summed E-state index contributed by atoms with van der Waals surface area (Å²) in [5.41, 5.74) is 2.61. The van der Waals surface area contributed by atoms with Gasteiger partial charge in [-0.15, -0.1) is 0 Å². The summed E-state index contributed by atoms with van der Waals surface area (Å²) in [6, 6.07) is 11.8. The molecule has 2 aromatic heterocycles. The third-order valence-corrected chi connectivity index (χ3v) is 5.93. The fourth-order valence-corrected chi connectivity index (χ4v) is 4.29. The Kier molecular flexibility index (Phi) is 5.27. The number of fused-ring (bicyclic) bond motifs is 1. The molecule has 0 radical (unpaired) electrons. The summed E-state index contributed by atoms with van der Waals surface area (Å²) in [5.74, 6) is 0.326. The number of rotatable bonds is 4. The molecule has 4 aromatic rings. The second kappa shape index (κ2) is 8.24. The summed E-state index contributed by atoms with van der Waals surface area (Å²) < 4.78 is 21.8. The van der Waals surface area contributed by atoms with Crippen molar-refractivity contribution < 1.29 is 13.7 Å². The van der Waals surface area contributed by atoms with Crippen molar-refractivity contribution in [2.45, 2.75) is 32.7 Å². The third-order valence-electron chi connectivity index (χ3n) is 5.61. The van der Waals surface area contributed by atoms with E-state index in [1.54, 1.807) is 19.1 Å². The summed E-state index contributed by atoms with van der Waals surface area (Å²) >= 11 is 6.18. The van der Waals surface area contributed by atoms with Gasteiger partial charge in [-0.2, -0.15) is 0 Å². The number of benzene rings is 2. The first kappa shape index (κ1) is 20.5. The number of nitrogens with zero attached hydrogens (tertiary/aromatic N) is 3. The van der Waals surface area contributed by atoms with Gasteiger partial charge < -0.3 is 14.4 Å². The molecule has 0 bridgehead atoms. The van der Waals surface area contributed by atoms with Crippen LogP contribution in [0.4, 0.5) is 10.1 Å². The quantitative estimate of drug-likeness (QED) is 0.420. The van der Waals surface area contributed by atoms with Gasteiger partial charge in [0.1, 0.15) is 28.7 Å². The van der Waals surface area contributed by atoms with Gasteiger partial charge in [0.05, 0.1) is 16.3 Å². The van der Waals surface area contributed by atoms with E-state index in [2.05, 4.69) is 21.2 Å². The summed E-state index contributed by atoms with van der Waals surface area (Å²) in [5, 5.41) is 6.92. The van der Waals surface area contributed by atoms with E-state index in [1.807, 2.05) is 18.2 Å². The lowest BCUT2D eigenvalue weighted by Crippen LogP contribution is -2.13. The maximum Gasteiger partial charge on any atom is 0.261 e. The van der Waals surface area contributed by atoms with Crippen molar-refractivity contribution in [3.05, 3.63) is 76.6 Å². The Hall–Kier alpha value is -3.45. The number of imidazole rings is 1. The maximum atomic E-state index is 14.4. The van der Waals surface area contributed by atoms with Crippen LogP contribution in [0.25, 0.3) is 22.5 Å². The molecule has 162 valence electrons. The van der Waals surface area contributed by atoms with Crippen LogP contribution in [0.2, 0.25) is 5.02 Å². The van der Waals surface area contributed by atoms with Crippen LogP contribution in [0.5, 0.6) is 0 Å². The number of nitrogens with one attached hydrogen (secondary N) is 1. The third kappa shape index (κ3) is 3.69. The van der Waals surface area contributed by atoms with Gasteiger partial charge in [-0.25, -0.2) is 9.37 Å². The molecule has 0 fully saturated rings. The fraction of sp³-hybridized carbons (Fsp3) is 0.208. The minimum absolute atomic E-state index is 0.0357. The van der Waals surface area contributed by atoms with Crippen LogP contribution in [0.15, 0.2) is 53.2 Å². The average Bonchev–Trinajstić information content (AvgIpc) is 3.37. The Morgan fingerprint density at radius 2 is 2.06 bits per heavy atom. The highest BCUT2D eigenvalue weighted by Crippen LogP contribution is 2.34. The Balaban J connectivity index is 1.45. The molecule has 0 aliphatic carbocycles. The van der Waals surface area contributed by atoms with Crippen molar-refractivity contribution in [3.63, 3.8) is 0 Å². The first-order valence-electron chi connectivity index (χ1n) is 10.4. The molecule has 0 saturated carbocycles. The number of anilines is 1. The largest absolute Gasteiger partial charge is 0.360 e. The van der Waals surface area contributed by atoms with Crippen LogP contribution in [-0.4, -0.2) is 20.6 Å². The van der Waals surface area contributed by atoms with Crippen molar-refractivity contribution in [1.82, 2.24) is 14.7 Å². The van der Waals surface area contributed by atoms with Crippen molar-refractivity contribution in [3.8, 4) is 22.5 Å². The van der Waals surface area contributed by atoms with Gasteiger partial charge in [0, 0.05) is 30.4 Å². The number of hydrogen-bond acceptors (Lipinski definition) is 4. The standard InChI is InChI=1S/C24H20ClFN4O2/c1-14-21(23(29-32-14)22-17(25)8-5-9-18(22)26)24(31)27-16-7-4-6-15(12-16)19-13-30-11-3-2-10-20(30)28-19/h4-9,12-13H,2-3,10-11H2,1H3,(H,27,31). The fourth-order valence-electron chi connectivity index (χ4n) is 4.04. The van der Waals surface area contributed by atoms with E-state index in [9.17, 15) is 9.18 Å². The van der Waals surface area contributed by atoms with Gasteiger partial charge in [-0.05, 0) is 44.0 Å². The number of carbonyl (C=O) groups excluding carboxylic acids is 1. The molecule has 6 nitrogen and oxygen atoms in total. The van der Waals surface area contributed by atoms with Crippen LogP contribution in [-0.2, 0) is 13.0 Å². The Morgan fingerprint density at radius 1 is 1.22 bits per heavy atom. The van der Waals surface area contributed by atoms with E-state index in [0.29, 0.717) is 5.69 Å². The highest BCUT2D eigenvalue weighted by atomic mass is 35.5. The van der Waals surface area contributed by atoms with E-state index >= 15 is 0 Å². The second-order valence-corrected chi connectivity index (χ2v) is 8.19. The van der Waals surface area contributed by atoms with Crippen LogP contribution >= 0.6 is 11.6 Å². The number of carbonyl (C=O) groups is 1. The number of amides is 1. The zero-order chi connectivity index (χ0) is 22.2. The first-order chi connectivity index (χ1) is 15.5. The number of aromatic nitrogens is 3. The molecule has 0 saturated heterocycles. The van der Waals surface area contributed by atoms with Gasteiger partial charge in [-0.3, -0.25) is 4.79 Å². The summed E-state index contributed by atoms with van der Waals surface area (Å²) in [6.45, 7) is 2.58. The Labute approximate surface area is 189 Å². The molecular weight excluding hydrogens is 431 g/mol. The van der Waals surface area contributed by atoms with Gasteiger partial charge in [-0.1, -0.05) is 35.0 Å². The molecule has 1 N–H and O–H groups in total. The van der Waals surface area contributed by atoms with E-state index in [0.717, 1.165) is 42.9 Å². The topological polar surface area (TPSA) is 73.0 Å². The molecule has 0 atom stereocenters. The molecule has 2 aromatic carbocycles.